The maximum Gasteiger partial charge on any atom is 0.140 e. The van der Waals surface area contributed by atoms with Crippen molar-refractivity contribution in [1.29, 1.82) is 0 Å². The third kappa shape index (κ3) is 1.84. The number of halogens is 2. The zero-order chi connectivity index (χ0) is 9.14. The highest BCUT2D eigenvalue weighted by Gasteiger charge is 2.11. The molecule has 0 aromatic heterocycles. The van der Waals surface area contributed by atoms with Crippen LogP contribution in [0.3, 0.4) is 0 Å². The molecular weight excluding hydrogens is 223 g/mol. The number of aliphatic hydroxyl groups is 1. The lowest BCUT2D eigenvalue weighted by atomic mass is 10.0. The Balaban J connectivity index is 3.07. The van der Waals surface area contributed by atoms with Gasteiger partial charge in [0.1, 0.15) is 5.82 Å². The highest BCUT2D eigenvalue weighted by Crippen LogP contribution is 2.24. The minimum atomic E-state index is -0.400. The first-order chi connectivity index (χ1) is 5.66. The highest BCUT2D eigenvalue weighted by molar-refractivity contribution is 9.10. The van der Waals surface area contributed by atoms with Crippen molar-refractivity contribution in [2.45, 2.75) is 5.92 Å². The van der Waals surface area contributed by atoms with Gasteiger partial charge in [-0.25, -0.2) is 4.39 Å². The Kier molecular flexibility index (Phi) is 3.23. The van der Waals surface area contributed by atoms with E-state index < -0.39 is 5.92 Å². The summed E-state index contributed by atoms with van der Waals surface area (Å²) in [6.07, 6.45) is 0. The van der Waals surface area contributed by atoms with E-state index in [0.29, 0.717) is 10.0 Å². The summed E-state index contributed by atoms with van der Waals surface area (Å²) in [6, 6.07) is 4.95. The van der Waals surface area contributed by atoms with E-state index >= 15 is 0 Å². The molecule has 1 atom stereocenters. The summed E-state index contributed by atoms with van der Waals surface area (Å²) >= 11 is 3.06. The van der Waals surface area contributed by atoms with Crippen LogP contribution in [0, 0.1) is 12.7 Å². The Bertz CT molecular complexity index is 275. The molecule has 0 amide bonds. The van der Waals surface area contributed by atoms with Gasteiger partial charge in [-0.15, -0.1) is 0 Å². The summed E-state index contributed by atoms with van der Waals surface area (Å²) < 4.78 is 13.6. The molecule has 0 aliphatic heterocycles. The van der Waals surface area contributed by atoms with Gasteiger partial charge in [0.15, 0.2) is 0 Å². The third-order valence-corrected chi connectivity index (χ3v) is 2.25. The van der Waals surface area contributed by atoms with Crippen LogP contribution in [0.5, 0.6) is 0 Å². The maximum absolute atomic E-state index is 13.2. The monoisotopic (exact) mass is 231 g/mol. The van der Waals surface area contributed by atoms with Crippen LogP contribution in [0.15, 0.2) is 22.7 Å². The lowest BCUT2D eigenvalue weighted by Crippen LogP contribution is -2.02. The minimum Gasteiger partial charge on any atom is -0.396 e. The van der Waals surface area contributed by atoms with E-state index in [1.165, 1.54) is 0 Å². The number of hydrogen-bond acceptors (Lipinski definition) is 1. The van der Waals surface area contributed by atoms with Crippen molar-refractivity contribution < 1.29 is 9.50 Å². The third-order valence-electron chi connectivity index (χ3n) is 1.64. The Hall–Kier alpha value is -0.410. The average Bonchev–Trinajstić information content (AvgIpc) is 2.08. The van der Waals surface area contributed by atoms with E-state index in [0.717, 1.165) is 0 Å². The van der Waals surface area contributed by atoms with Gasteiger partial charge < -0.3 is 5.11 Å². The van der Waals surface area contributed by atoms with Crippen LogP contribution in [0.1, 0.15) is 11.5 Å². The van der Waals surface area contributed by atoms with Crippen molar-refractivity contribution in [3.63, 3.8) is 0 Å². The fraction of sp³-hybridized carbons (Fsp3) is 0.222. The molecule has 1 nitrogen and oxygen atoms in total. The highest BCUT2D eigenvalue weighted by atomic mass is 79.9. The Morgan fingerprint density at radius 1 is 1.58 bits per heavy atom. The van der Waals surface area contributed by atoms with E-state index in [1.807, 2.05) is 0 Å². The molecule has 0 saturated heterocycles. The van der Waals surface area contributed by atoms with Gasteiger partial charge in [0.05, 0.1) is 11.1 Å². The topological polar surface area (TPSA) is 20.2 Å². The second kappa shape index (κ2) is 4.01. The van der Waals surface area contributed by atoms with Crippen LogP contribution in [0.25, 0.3) is 0 Å². The van der Waals surface area contributed by atoms with Gasteiger partial charge in [-0.05, 0) is 34.5 Å². The van der Waals surface area contributed by atoms with Gasteiger partial charge in [-0.1, -0.05) is 12.1 Å². The lowest BCUT2D eigenvalue weighted by Gasteiger charge is -2.09. The van der Waals surface area contributed by atoms with Gasteiger partial charge >= 0.3 is 0 Å². The van der Waals surface area contributed by atoms with Crippen LogP contribution in [-0.4, -0.2) is 11.7 Å². The van der Waals surface area contributed by atoms with E-state index in [4.69, 9.17) is 5.11 Å². The molecular formula is C9H9BrFO. The average molecular weight is 232 g/mol. The molecule has 0 aliphatic carbocycles. The predicted molar refractivity (Wildman–Crippen MR) is 49.3 cm³/mol. The van der Waals surface area contributed by atoms with E-state index in [-0.39, 0.29) is 12.4 Å². The normalized spacial score (nSPS) is 13.0. The molecule has 0 fully saturated rings. The van der Waals surface area contributed by atoms with Crippen LogP contribution in [0.2, 0.25) is 0 Å². The molecule has 0 spiro atoms. The van der Waals surface area contributed by atoms with Crippen molar-refractivity contribution >= 4 is 15.9 Å². The molecule has 65 valence electrons. The van der Waals surface area contributed by atoms with E-state index in [2.05, 4.69) is 22.9 Å². The van der Waals surface area contributed by atoms with Crippen LogP contribution in [-0.2, 0) is 0 Å². The summed E-state index contributed by atoms with van der Waals surface area (Å²) in [5.41, 5.74) is 0.437. The SMILES string of the molecule is [CH2]C(CO)c1cccc(Br)c1F. The lowest BCUT2D eigenvalue weighted by molar-refractivity contribution is 0.280. The molecule has 0 saturated carbocycles. The van der Waals surface area contributed by atoms with Crippen molar-refractivity contribution in [3.05, 3.63) is 41.0 Å². The first-order valence-corrected chi connectivity index (χ1v) is 4.34. The summed E-state index contributed by atoms with van der Waals surface area (Å²) in [7, 11) is 0. The summed E-state index contributed by atoms with van der Waals surface area (Å²) in [4.78, 5) is 0. The predicted octanol–water partition coefficient (Wildman–Crippen LogP) is 2.50. The smallest absolute Gasteiger partial charge is 0.140 e. The van der Waals surface area contributed by atoms with Gasteiger partial charge in [0.2, 0.25) is 0 Å². The Morgan fingerprint density at radius 3 is 2.83 bits per heavy atom. The molecule has 0 heterocycles. The quantitative estimate of drug-likeness (QED) is 0.830. The molecule has 1 aromatic rings. The molecule has 0 aliphatic rings. The Morgan fingerprint density at radius 2 is 2.25 bits per heavy atom. The molecule has 0 bridgehead atoms. The largest absolute Gasteiger partial charge is 0.396 e. The number of hydrogen-bond donors (Lipinski definition) is 1. The molecule has 1 rings (SSSR count). The van der Waals surface area contributed by atoms with Crippen LogP contribution < -0.4 is 0 Å². The molecule has 12 heavy (non-hydrogen) atoms. The fourth-order valence-corrected chi connectivity index (χ4v) is 1.32. The summed E-state index contributed by atoms with van der Waals surface area (Å²) in [6.45, 7) is 3.47. The first-order valence-electron chi connectivity index (χ1n) is 3.54. The van der Waals surface area contributed by atoms with Crippen molar-refractivity contribution in [2.75, 3.05) is 6.61 Å². The van der Waals surface area contributed by atoms with E-state index in [9.17, 15) is 4.39 Å². The minimum absolute atomic E-state index is 0.145. The van der Waals surface area contributed by atoms with Gasteiger partial charge in [-0.3, -0.25) is 0 Å². The molecule has 1 unspecified atom stereocenters. The zero-order valence-electron chi connectivity index (χ0n) is 6.43. The van der Waals surface area contributed by atoms with Crippen molar-refractivity contribution in [1.82, 2.24) is 0 Å². The zero-order valence-corrected chi connectivity index (χ0v) is 8.01. The number of aliphatic hydroxyl groups excluding tert-OH is 1. The van der Waals surface area contributed by atoms with Crippen molar-refractivity contribution in [2.24, 2.45) is 0 Å². The molecule has 1 radical (unpaired) electrons. The van der Waals surface area contributed by atoms with Crippen LogP contribution >= 0.6 is 15.9 Å². The Labute approximate surface area is 79.4 Å². The molecule has 1 aromatic carbocycles. The summed E-state index contributed by atoms with van der Waals surface area (Å²) in [5.74, 6) is -0.742. The molecule has 1 N–H and O–H groups in total. The van der Waals surface area contributed by atoms with Gasteiger partial charge in [0.25, 0.3) is 0 Å². The number of rotatable bonds is 2. The second-order valence-electron chi connectivity index (χ2n) is 2.52. The van der Waals surface area contributed by atoms with Gasteiger partial charge in [-0.2, -0.15) is 0 Å². The first kappa shape index (κ1) is 9.68. The second-order valence-corrected chi connectivity index (χ2v) is 3.38. The fourth-order valence-electron chi connectivity index (χ4n) is 0.934. The number of benzene rings is 1. The van der Waals surface area contributed by atoms with Crippen molar-refractivity contribution in [3.8, 4) is 0 Å². The maximum atomic E-state index is 13.2. The van der Waals surface area contributed by atoms with E-state index in [1.54, 1.807) is 18.2 Å². The van der Waals surface area contributed by atoms with Crippen LogP contribution in [0.4, 0.5) is 4.39 Å². The summed E-state index contributed by atoms with van der Waals surface area (Å²) in [5, 5.41) is 8.76. The molecule has 3 heteroatoms. The standard InChI is InChI=1S/C9H9BrFO/c1-6(5-12)7-3-2-4-8(10)9(7)11/h2-4,6,12H,1,5H2. The van der Waals surface area contributed by atoms with Gasteiger partial charge in [0, 0.05) is 5.92 Å².